The summed E-state index contributed by atoms with van der Waals surface area (Å²) in [4.78, 5) is 0. The van der Waals surface area contributed by atoms with Gasteiger partial charge >= 0.3 is 0 Å². The largest absolute Gasteiger partial charge is 0.386 e. The van der Waals surface area contributed by atoms with Crippen LogP contribution >= 0.6 is 0 Å². The van der Waals surface area contributed by atoms with Gasteiger partial charge in [0.05, 0.1) is 6.10 Å². The molecule has 2 heterocycles. The van der Waals surface area contributed by atoms with Crippen LogP contribution in [-0.2, 0) is 4.74 Å². The third-order valence-electron chi connectivity index (χ3n) is 5.76. The van der Waals surface area contributed by atoms with Crippen molar-refractivity contribution in [3.05, 3.63) is 0 Å². The van der Waals surface area contributed by atoms with Crippen molar-refractivity contribution < 1.29 is 9.84 Å². The van der Waals surface area contributed by atoms with Gasteiger partial charge < -0.3 is 20.5 Å². The van der Waals surface area contributed by atoms with Gasteiger partial charge in [-0.15, -0.1) is 0 Å². The van der Waals surface area contributed by atoms with E-state index in [0.29, 0.717) is 25.2 Å². The summed E-state index contributed by atoms with van der Waals surface area (Å²) < 4.78 is 5.53. The normalized spacial score (nSPS) is 45.9. The molecule has 2 aliphatic heterocycles. The summed E-state index contributed by atoms with van der Waals surface area (Å²) in [7, 11) is 0. The van der Waals surface area contributed by atoms with Crippen molar-refractivity contribution in [2.75, 3.05) is 19.7 Å². The Balaban J connectivity index is 1.56. The average Bonchev–Trinajstić information content (AvgIpc) is 3.09. The standard InChI is InChI=1S/C16H30N2O2/c1-12-16(19,8-10-20-12)11-18-15-6-3-2-5-13(15)14-7-4-9-17-14/h12-15,17-19H,2-11H2,1H3. The maximum Gasteiger partial charge on any atom is 0.105 e. The second kappa shape index (κ2) is 6.30. The molecule has 5 unspecified atom stereocenters. The summed E-state index contributed by atoms with van der Waals surface area (Å²) >= 11 is 0. The Morgan fingerprint density at radius 1 is 1.25 bits per heavy atom. The van der Waals surface area contributed by atoms with Gasteiger partial charge in [-0.05, 0) is 45.1 Å². The van der Waals surface area contributed by atoms with Crippen molar-refractivity contribution in [1.29, 1.82) is 0 Å². The third-order valence-corrected chi connectivity index (χ3v) is 5.76. The Morgan fingerprint density at radius 3 is 2.80 bits per heavy atom. The number of nitrogens with one attached hydrogen (secondary N) is 2. The Kier molecular flexibility index (Phi) is 4.65. The minimum Gasteiger partial charge on any atom is -0.386 e. The van der Waals surface area contributed by atoms with Gasteiger partial charge in [0.1, 0.15) is 5.60 Å². The van der Waals surface area contributed by atoms with Gasteiger partial charge in [-0.1, -0.05) is 12.8 Å². The summed E-state index contributed by atoms with van der Waals surface area (Å²) in [6, 6.07) is 1.26. The molecule has 3 fully saturated rings. The van der Waals surface area contributed by atoms with Crippen LogP contribution in [0.5, 0.6) is 0 Å². The van der Waals surface area contributed by atoms with Crippen LogP contribution in [0.3, 0.4) is 0 Å². The molecule has 0 aromatic carbocycles. The van der Waals surface area contributed by atoms with E-state index in [-0.39, 0.29) is 6.10 Å². The van der Waals surface area contributed by atoms with E-state index in [1.165, 1.54) is 45.1 Å². The van der Waals surface area contributed by atoms with E-state index >= 15 is 0 Å². The Hall–Kier alpha value is -0.160. The van der Waals surface area contributed by atoms with Crippen molar-refractivity contribution in [1.82, 2.24) is 10.6 Å². The van der Waals surface area contributed by atoms with Crippen LogP contribution in [0.2, 0.25) is 0 Å². The fraction of sp³-hybridized carbons (Fsp3) is 1.00. The van der Waals surface area contributed by atoms with Gasteiger partial charge in [0.2, 0.25) is 0 Å². The first kappa shape index (κ1) is 14.8. The molecule has 0 amide bonds. The maximum atomic E-state index is 10.6. The first-order valence-electron chi connectivity index (χ1n) is 8.50. The molecule has 4 nitrogen and oxygen atoms in total. The molecule has 5 atom stereocenters. The summed E-state index contributed by atoms with van der Waals surface area (Å²) in [5, 5.41) is 18.0. The zero-order valence-electron chi connectivity index (χ0n) is 12.7. The van der Waals surface area contributed by atoms with E-state index in [9.17, 15) is 5.11 Å². The number of ether oxygens (including phenoxy) is 1. The Labute approximate surface area is 122 Å². The molecular weight excluding hydrogens is 252 g/mol. The summed E-state index contributed by atoms with van der Waals surface area (Å²) in [5.74, 6) is 0.743. The van der Waals surface area contributed by atoms with Crippen LogP contribution in [0, 0.1) is 5.92 Å². The highest BCUT2D eigenvalue weighted by molar-refractivity contribution is 4.96. The zero-order valence-corrected chi connectivity index (χ0v) is 12.7. The van der Waals surface area contributed by atoms with E-state index in [1.807, 2.05) is 6.92 Å². The molecule has 3 rings (SSSR count). The Morgan fingerprint density at radius 2 is 2.10 bits per heavy atom. The van der Waals surface area contributed by atoms with Crippen LogP contribution in [0.1, 0.15) is 51.9 Å². The summed E-state index contributed by atoms with van der Waals surface area (Å²) in [5.41, 5.74) is -0.662. The quantitative estimate of drug-likeness (QED) is 0.730. The van der Waals surface area contributed by atoms with Crippen LogP contribution in [0.25, 0.3) is 0 Å². The SMILES string of the molecule is CC1OCCC1(O)CNC1CCCCC1C1CCCN1. The second-order valence-corrected chi connectivity index (χ2v) is 7.01. The van der Waals surface area contributed by atoms with Crippen LogP contribution in [0.4, 0.5) is 0 Å². The van der Waals surface area contributed by atoms with E-state index < -0.39 is 5.60 Å². The first-order chi connectivity index (χ1) is 9.69. The van der Waals surface area contributed by atoms with Gasteiger partial charge in [-0.25, -0.2) is 0 Å². The summed E-state index contributed by atoms with van der Waals surface area (Å²) in [6.45, 7) is 4.55. The highest BCUT2D eigenvalue weighted by Crippen LogP contribution is 2.32. The fourth-order valence-corrected chi connectivity index (χ4v) is 4.28. The van der Waals surface area contributed by atoms with Crippen molar-refractivity contribution >= 4 is 0 Å². The topological polar surface area (TPSA) is 53.5 Å². The molecule has 0 bridgehead atoms. The third kappa shape index (κ3) is 3.03. The van der Waals surface area contributed by atoms with Crippen molar-refractivity contribution in [2.24, 2.45) is 5.92 Å². The zero-order chi connectivity index (χ0) is 14.0. The van der Waals surface area contributed by atoms with E-state index in [1.54, 1.807) is 0 Å². The molecular formula is C16H30N2O2. The van der Waals surface area contributed by atoms with Crippen LogP contribution in [0.15, 0.2) is 0 Å². The molecule has 0 aromatic rings. The molecule has 2 saturated heterocycles. The predicted molar refractivity (Wildman–Crippen MR) is 79.8 cm³/mol. The maximum absolute atomic E-state index is 10.6. The van der Waals surface area contributed by atoms with E-state index in [2.05, 4.69) is 10.6 Å². The smallest absolute Gasteiger partial charge is 0.105 e. The fourth-order valence-electron chi connectivity index (χ4n) is 4.28. The molecule has 0 spiro atoms. The van der Waals surface area contributed by atoms with Crippen molar-refractivity contribution in [3.8, 4) is 0 Å². The molecule has 116 valence electrons. The lowest BCUT2D eigenvalue weighted by molar-refractivity contribution is -0.0299. The minimum absolute atomic E-state index is 0.0401. The van der Waals surface area contributed by atoms with Crippen molar-refractivity contribution in [2.45, 2.75) is 75.7 Å². The molecule has 0 radical (unpaired) electrons. The van der Waals surface area contributed by atoms with E-state index in [4.69, 9.17) is 4.74 Å². The lowest BCUT2D eigenvalue weighted by Gasteiger charge is -2.38. The van der Waals surface area contributed by atoms with Crippen molar-refractivity contribution in [3.63, 3.8) is 0 Å². The number of hydrogen-bond donors (Lipinski definition) is 3. The van der Waals surface area contributed by atoms with Crippen LogP contribution in [-0.4, -0.2) is 48.6 Å². The highest BCUT2D eigenvalue weighted by Gasteiger charge is 2.41. The van der Waals surface area contributed by atoms with Gasteiger partial charge in [0.25, 0.3) is 0 Å². The van der Waals surface area contributed by atoms with Gasteiger partial charge in [0, 0.05) is 31.7 Å². The molecule has 1 aliphatic carbocycles. The summed E-state index contributed by atoms with van der Waals surface area (Å²) in [6.07, 6.45) is 8.65. The lowest BCUT2D eigenvalue weighted by Crippen LogP contribution is -2.53. The molecule has 1 saturated carbocycles. The predicted octanol–water partition coefficient (Wildman–Crippen LogP) is 1.43. The molecule has 20 heavy (non-hydrogen) atoms. The average molecular weight is 282 g/mol. The van der Waals surface area contributed by atoms with Gasteiger partial charge in [-0.3, -0.25) is 0 Å². The first-order valence-corrected chi connectivity index (χ1v) is 8.50. The minimum atomic E-state index is -0.662. The second-order valence-electron chi connectivity index (χ2n) is 7.01. The molecule has 3 N–H and O–H groups in total. The number of hydrogen-bond acceptors (Lipinski definition) is 4. The van der Waals surface area contributed by atoms with Gasteiger partial charge in [-0.2, -0.15) is 0 Å². The van der Waals surface area contributed by atoms with Crippen LogP contribution < -0.4 is 10.6 Å². The van der Waals surface area contributed by atoms with E-state index in [0.717, 1.165) is 12.3 Å². The molecule has 0 aromatic heterocycles. The highest BCUT2D eigenvalue weighted by atomic mass is 16.5. The number of aliphatic hydroxyl groups is 1. The number of rotatable bonds is 4. The van der Waals surface area contributed by atoms with Gasteiger partial charge in [0.15, 0.2) is 0 Å². The monoisotopic (exact) mass is 282 g/mol. The lowest BCUT2D eigenvalue weighted by atomic mass is 9.79. The molecule has 3 aliphatic rings. The Bertz CT molecular complexity index is 320. The molecule has 4 heteroatoms.